The van der Waals surface area contributed by atoms with Gasteiger partial charge < -0.3 is 21.0 Å². The van der Waals surface area contributed by atoms with Gasteiger partial charge in [-0.15, -0.1) is 33.3 Å². The van der Waals surface area contributed by atoms with Crippen LogP contribution in [0, 0.1) is 0 Å². The number of nitrogens with two attached hydrogens (primary N) is 1. The zero-order valence-corrected chi connectivity index (χ0v) is 21.5. The maximum absolute atomic E-state index is 13.2. The van der Waals surface area contributed by atoms with Gasteiger partial charge in [-0.3, -0.25) is 14.5 Å². The number of tetrazole rings is 1. The molecule has 2 aliphatic heterocycles. The minimum Gasteiger partial charge on any atom is -0.477 e. The van der Waals surface area contributed by atoms with Crippen LogP contribution in [0.1, 0.15) is 25.0 Å². The smallest absolute Gasteiger partial charge is 0.352 e. The van der Waals surface area contributed by atoms with Gasteiger partial charge in [0.1, 0.15) is 28.9 Å². The fourth-order valence-electron chi connectivity index (χ4n) is 3.96. The second-order valence-electron chi connectivity index (χ2n) is 8.12. The van der Waals surface area contributed by atoms with Crippen LogP contribution in [0.4, 0.5) is 5.13 Å². The van der Waals surface area contributed by atoms with Gasteiger partial charge >= 0.3 is 5.97 Å². The molecule has 0 saturated carbocycles. The lowest BCUT2D eigenvalue weighted by Gasteiger charge is -2.49. The van der Waals surface area contributed by atoms with E-state index in [2.05, 4.69) is 36.1 Å². The Balaban J connectivity index is 1.31. The molecule has 2 aromatic heterocycles. The maximum Gasteiger partial charge on any atom is 0.352 e. The predicted octanol–water partition coefficient (Wildman–Crippen LogP) is 0.599. The number of carbonyl (C=O) groups excluding carboxylic acids is 2. The van der Waals surface area contributed by atoms with Crippen LogP contribution in [-0.2, 0) is 19.2 Å². The topological polar surface area (TPSA) is 202 Å². The number of nitrogens with one attached hydrogen (secondary N) is 2. The number of β-lactam (4-membered cyclic amide) rings is 1. The highest BCUT2D eigenvalue weighted by molar-refractivity contribution is 8.01. The van der Waals surface area contributed by atoms with E-state index in [0.717, 1.165) is 30.6 Å². The number of carbonyl (C=O) groups is 3. The van der Waals surface area contributed by atoms with Gasteiger partial charge in [-0.1, -0.05) is 23.0 Å². The van der Waals surface area contributed by atoms with Crippen LogP contribution in [0.25, 0.3) is 0 Å². The summed E-state index contributed by atoms with van der Waals surface area (Å²) in [6.45, 7) is 0. The molecule has 1 aliphatic carbocycles. The van der Waals surface area contributed by atoms with Crippen molar-refractivity contribution in [1.29, 1.82) is 0 Å². The lowest BCUT2D eigenvalue weighted by molar-refractivity contribution is -0.150. The standard InChI is InChI=1S/C20H21N9O5S3/c21-19-22-11(8-36-19)12(26-34-10-4-2-1-3-5-10)15(30)23-13-16(31)29-14(18(32)33)9(6-35-17(13)29)7-37-20-24-27-28-25-20/h2,4,8,10,13,17H,1,3,5-7H2,(H2,21,22)(H,23,30)(H,32,33)(H,24,25,27,28)/t10?,13?,17-/m0/s1. The first-order valence-corrected chi connectivity index (χ1v) is 14.0. The van der Waals surface area contributed by atoms with Crippen LogP contribution in [0.2, 0.25) is 0 Å². The average molecular weight is 564 g/mol. The molecule has 1 saturated heterocycles. The number of anilines is 1. The van der Waals surface area contributed by atoms with Crippen molar-refractivity contribution in [2.45, 2.75) is 41.9 Å². The zero-order valence-electron chi connectivity index (χ0n) is 19.1. The van der Waals surface area contributed by atoms with E-state index in [1.165, 1.54) is 28.4 Å². The molecule has 2 unspecified atom stereocenters. The number of nitrogen functional groups attached to an aromatic ring is 1. The summed E-state index contributed by atoms with van der Waals surface area (Å²) in [7, 11) is 0. The van der Waals surface area contributed by atoms with Gasteiger partial charge in [-0.05, 0) is 36.1 Å². The molecule has 1 fully saturated rings. The third-order valence-electron chi connectivity index (χ3n) is 5.71. The normalized spacial score (nSPS) is 23.5. The van der Waals surface area contributed by atoms with E-state index >= 15 is 0 Å². The van der Waals surface area contributed by atoms with Crippen LogP contribution in [0.15, 0.2) is 39.1 Å². The third-order valence-corrected chi connectivity index (χ3v) is 8.64. The number of thioether (sulfide) groups is 2. The van der Waals surface area contributed by atoms with Gasteiger partial charge in [0.25, 0.3) is 11.8 Å². The molecule has 37 heavy (non-hydrogen) atoms. The molecule has 17 heteroatoms. The second-order valence-corrected chi connectivity index (χ2v) is 11.1. The molecule has 3 atom stereocenters. The number of carboxylic acid groups (broad SMARTS) is 1. The number of hydrogen-bond acceptors (Lipinski definition) is 13. The molecule has 194 valence electrons. The molecule has 2 aromatic rings. The van der Waals surface area contributed by atoms with Crippen LogP contribution in [0.5, 0.6) is 0 Å². The monoisotopic (exact) mass is 563 g/mol. The largest absolute Gasteiger partial charge is 0.477 e. The lowest BCUT2D eigenvalue weighted by atomic mass is 10.0. The Kier molecular flexibility index (Phi) is 7.43. The first kappa shape index (κ1) is 25.2. The Morgan fingerprint density at radius 2 is 2.30 bits per heavy atom. The van der Waals surface area contributed by atoms with Gasteiger partial charge in [-0.25, -0.2) is 9.78 Å². The van der Waals surface area contributed by atoms with Gasteiger partial charge in [0.05, 0.1) is 0 Å². The summed E-state index contributed by atoms with van der Waals surface area (Å²) in [4.78, 5) is 49.2. The van der Waals surface area contributed by atoms with E-state index in [0.29, 0.717) is 16.5 Å². The van der Waals surface area contributed by atoms with Crippen molar-refractivity contribution in [1.82, 2.24) is 35.8 Å². The predicted molar refractivity (Wildman–Crippen MR) is 136 cm³/mol. The number of fused-ring (bicyclic) bond motifs is 1. The Bertz CT molecular complexity index is 1290. The first-order valence-electron chi connectivity index (χ1n) is 11.1. The molecule has 5 rings (SSSR count). The summed E-state index contributed by atoms with van der Waals surface area (Å²) in [5, 5.41) is 31.7. The van der Waals surface area contributed by atoms with E-state index in [9.17, 15) is 19.5 Å². The molecule has 0 radical (unpaired) electrons. The summed E-state index contributed by atoms with van der Waals surface area (Å²) < 4.78 is 0. The van der Waals surface area contributed by atoms with Crippen molar-refractivity contribution in [3.63, 3.8) is 0 Å². The van der Waals surface area contributed by atoms with Gasteiger partial charge in [-0.2, -0.15) is 5.21 Å². The summed E-state index contributed by atoms with van der Waals surface area (Å²) in [6.07, 6.45) is 6.29. The fourth-order valence-corrected chi connectivity index (χ4v) is 6.73. The number of amides is 2. The fraction of sp³-hybridized carbons (Fsp3) is 0.400. The number of carboxylic acids is 1. The summed E-state index contributed by atoms with van der Waals surface area (Å²) in [5.41, 5.74) is 6.32. The maximum atomic E-state index is 13.2. The SMILES string of the molecule is Nc1nc(C(=NOC2C=CCCC2)C(=O)NC2C(=O)N3C(C(=O)O)=C(CSc4nn[nH]n4)CS[C@@H]23)cs1. The molecule has 0 aromatic carbocycles. The summed E-state index contributed by atoms with van der Waals surface area (Å²) in [6, 6.07) is -0.936. The molecule has 4 heterocycles. The number of hydrogen-bond donors (Lipinski definition) is 4. The van der Waals surface area contributed by atoms with Crippen LogP contribution >= 0.6 is 34.9 Å². The number of aliphatic carboxylic acids is 1. The van der Waals surface area contributed by atoms with Crippen LogP contribution in [-0.4, -0.2) is 88.1 Å². The van der Waals surface area contributed by atoms with Crippen molar-refractivity contribution < 1.29 is 24.3 Å². The molecular weight excluding hydrogens is 542 g/mol. The van der Waals surface area contributed by atoms with E-state index < -0.39 is 29.2 Å². The average Bonchev–Trinajstić information content (AvgIpc) is 3.58. The lowest BCUT2D eigenvalue weighted by Crippen LogP contribution is -2.71. The summed E-state index contributed by atoms with van der Waals surface area (Å²) >= 11 is 3.71. The zero-order chi connectivity index (χ0) is 25.9. The van der Waals surface area contributed by atoms with Crippen molar-refractivity contribution in [2.24, 2.45) is 5.16 Å². The van der Waals surface area contributed by atoms with Crippen LogP contribution < -0.4 is 11.1 Å². The number of allylic oxidation sites excluding steroid dienone is 1. The third kappa shape index (κ3) is 5.33. The van der Waals surface area contributed by atoms with Crippen molar-refractivity contribution in [2.75, 3.05) is 17.2 Å². The number of oxime groups is 1. The molecule has 0 bridgehead atoms. The van der Waals surface area contributed by atoms with Gasteiger partial charge in [0.15, 0.2) is 10.8 Å². The van der Waals surface area contributed by atoms with E-state index in [4.69, 9.17) is 10.6 Å². The minimum absolute atomic E-state index is 0.0937. The molecule has 3 aliphatic rings. The van der Waals surface area contributed by atoms with Gasteiger partial charge in [0.2, 0.25) is 5.16 Å². The Morgan fingerprint density at radius 3 is 2.97 bits per heavy atom. The Hall–Kier alpha value is -3.44. The number of nitrogens with zero attached hydrogens (tertiary/aromatic N) is 6. The number of H-pyrrole nitrogens is 1. The highest BCUT2D eigenvalue weighted by atomic mass is 32.2. The Labute approximate surface area is 222 Å². The quantitative estimate of drug-likeness (QED) is 0.109. The molecule has 14 nitrogen and oxygen atoms in total. The number of thiazole rings is 1. The minimum atomic E-state index is -1.22. The van der Waals surface area contributed by atoms with Gasteiger partial charge in [0, 0.05) is 16.9 Å². The number of aromatic amines is 1. The highest BCUT2D eigenvalue weighted by Crippen LogP contribution is 2.41. The van der Waals surface area contributed by atoms with E-state index in [-0.39, 0.29) is 34.1 Å². The molecule has 2 amide bonds. The van der Waals surface area contributed by atoms with Crippen molar-refractivity contribution in [3.05, 3.63) is 34.5 Å². The number of aromatic nitrogens is 5. The van der Waals surface area contributed by atoms with E-state index in [1.807, 2.05) is 12.2 Å². The Morgan fingerprint density at radius 1 is 1.43 bits per heavy atom. The van der Waals surface area contributed by atoms with Crippen LogP contribution in [0.3, 0.4) is 0 Å². The van der Waals surface area contributed by atoms with Crippen molar-refractivity contribution >= 4 is 63.5 Å². The van der Waals surface area contributed by atoms with E-state index in [1.54, 1.807) is 5.38 Å². The molecule has 5 N–H and O–H groups in total. The van der Waals surface area contributed by atoms with Crippen molar-refractivity contribution in [3.8, 4) is 0 Å². The molecular formula is C20H21N9O5S3. The molecule has 0 spiro atoms. The summed E-state index contributed by atoms with van der Waals surface area (Å²) in [5.74, 6) is -1.78. The highest BCUT2D eigenvalue weighted by Gasteiger charge is 2.54. The second kappa shape index (κ2) is 10.9. The first-order chi connectivity index (χ1) is 17.9. The number of rotatable bonds is 9.